The summed E-state index contributed by atoms with van der Waals surface area (Å²) in [5.41, 5.74) is 3.65. The third-order valence-corrected chi connectivity index (χ3v) is 6.21. The van der Waals surface area contributed by atoms with E-state index in [1.54, 1.807) is 47.3 Å². The average Bonchev–Trinajstić information content (AvgIpc) is 3.45. The fourth-order valence-corrected chi connectivity index (χ4v) is 4.40. The van der Waals surface area contributed by atoms with Gasteiger partial charge in [0.15, 0.2) is 5.82 Å². The van der Waals surface area contributed by atoms with Crippen LogP contribution in [0.5, 0.6) is 0 Å². The molecular weight excluding hydrogens is 450 g/mol. The van der Waals surface area contributed by atoms with Crippen molar-refractivity contribution in [3.8, 4) is 11.4 Å². The van der Waals surface area contributed by atoms with Crippen LogP contribution >= 0.6 is 0 Å². The van der Waals surface area contributed by atoms with Gasteiger partial charge in [-0.15, -0.1) is 10.2 Å². The van der Waals surface area contributed by atoms with Crippen molar-refractivity contribution in [2.45, 2.75) is 32.0 Å². The molecule has 11 heteroatoms. The Balaban J connectivity index is 1.19. The first-order valence-electron chi connectivity index (χ1n) is 11.1. The molecule has 3 aromatic rings. The standard InChI is InChI=1S/C24H23N7O4/c1-30-13-25-29-21(30)14-4-6-18(7-5-14)26-24(35)28-22(33)15-2-3-16-11-31(12-17(16)10-15)19-8-9-20(32)27-23(19)34/h2-7,10,13,19H,8-9,11-12H2,1H3,(H,27,32,34)(H2,26,28,33,35). The monoisotopic (exact) mass is 473 g/mol. The van der Waals surface area contributed by atoms with E-state index in [0.717, 1.165) is 16.7 Å². The van der Waals surface area contributed by atoms with Crippen LogP contribution in [0.15, 0.2) is 48.8 Å². The zero-order chi connectivity index (χ0) is 24.5. The Bertz CT molecular complexity index is 1330. The number of nitrogens with zero attached hydrogens (tertiary/aromatic N) is 4. The summed E-state index contributed by atoms with van der Waals surface area (Å²) in [6.45, 7) is 1.06. The molecule has 35 heavy (non-hydrogen) atoms. The number of aryl methyl sites for hydroxylation is 1. The molecule has 3 N–H and O–H groups in total. The van der Waals surface area contributed by atoms with E-state index in [4.69, 9.17) is 0 Å². The molecular formula is C24H23N7O4. The number of hydrogen-bond acceptors (Lipinski definition) is 7. The van der Waals surface area contributed by atoms with Crippen LogP contribution in [0, 0.1) is 0 Å². The Hall–Kier alpha value is -4.38. The number of anilines is 1. The van der Waals surface area contributed by atoms with Crippen LogP contribution in [0.1, 0.15) is 34.3 Å². The SMILES string of the molecule is Cn1cnnc1-c1ccc(NC(=O)NC(=O)c2ccc3c(c2)CN(C2CCC(=O)NC2=O)C3)cc1. The Morgan fingerprint density at radius 2 is 1.83 bits per heavy atom. The van der Waals surface area contributed by atoms with Gasteiger partial charge >= 0.3 is 6.03 Å². The van der Waals surface area contributed by atoms with Crippen molar-refractivity contribution in [2.24, 2.45) is 7.05 Å². The maximum absolute atomic E-state index is 12.7. The number of carbonyl (C=O) groups is 4. The van der Waals surface area contributed by atoms with E-state index >= 15 is 0 Å². The first-order chi connectivity index (χ1) is 16.9. The van der Waals surface area contributed by atoms with Gasteiger partial charge in [-0.25, -0.2) is 4.79 Å². The highest BCUT2D eigenvalue weighted by Gasteiger charge is 2.34. The summed E-state index contributed by atoms with van der Waals surface area (Å²) in [7, 11) is 1.84. The van der Waals surface area contributed by atoms with Gasteiger partial charge in [-0.2, -0.15) is 0 Å². The van der Waals surface area contributed by atoms with Gasteiger partial charge in [0.1, 0.15) is 6.33 Å². The first kappa shape index (κ1) is 22.4. The largest absolute Gasteiger partial charge is 0.326 e. The second kappa shape index (κ2) is 9.11. The van der Waals surface area contributed by atoms with Gasteiger partial charge in [0.2, 0.25) is 11.8 Å². The molecule has 1 atom stereocenters. The lowest BCUT2D eigenvalue weighted by molar-refractivity contribution is -0.137. The number of amides is 5. The number of hydrogen-bond donors (Lipinski definition) is 3. The third-order valence-electron chi connectivity index (χ3n) is 6.21. The van der Waals surface area contributed by atoms with E-state index in [1.807, 2.05) is 18.0 Å². The predicted octanol–water partition coefficient (Wildman–Crippen LogP) is 1.56. The molecule has 1 unspecified atom stereocenters. The molecule has 0 aliphatic carbocycles. The zero-order valence-corrected chi connectivity index (χ0v) is 18.9. The molecule has 2 aromatic carbocycles. The van der Waals surface area contributed by atoms with E-state index < -0.39 is 11.9 Å². The van der Waals surface area contributed by atoms with E-state index in [-0.39, 0.29) is 17.9 Å². The van der Waals surface area contributed by atoms with Crippen molar-refractivity contribution in [3.05, 3.63) is 65.5 Å². The normalized spacial score (nSPS) is 17.6. The number of rotatable bonds is 4. The first-order valence-corrected chi connectivity index (χ1v) is 11.1. The maximum atomic E-state index is 12.7. The summed E-state index contributed by atoms with van der Waals surface area (Å²) in [5.74, 6) is -0.362. The van der Waals surface area contributed by atoms with E-state index in [9.17, 15) is 19.2 Å². The molecule has 11 nitrogen and oxygen atoms in total. The van der Waals surface area contributed by atoms with Crippen LogP contribution in [-0.4, -0.2) is 49.5 Å². The predicted molar refractivity (Wildman–Crippen MR) is 125 cm³/mol. The van der Waals surface area contributed by atoms with Crippen molar-refractivity contribution >= 4 is 29.4 Å². The number of fused-ring (bicyclic) bond motifs is 1. The number of aromatic nitrogens is 3. The maximum Gasteiger partial charge on any atom is 0.326 e. The zero-order valence-electron chi connectivity index (χ0n) is 18.9. The minimum absolute atomic E-state index is 0.249. The molecule has 1 saturated heterocycles. The van der Waals surface area contributed by atoms with E-state index in [2.05, 4.69) is 26.1 Å². The summed E-state index contributed by atoms with van der Waals surface area (Å²) >= 11 is 0. The summed E-state index contributed by atoms with van der Waals surface area (Å²) in [6, 6.07) is 11.2. The van der Waals surface area contributed by atoms with Crippen LogP contribution in [-0.2, 0) is 29.7 Å². The van der Waals surface area contributed by atoms with Crippen molar-refractivity contribution in [2.75, 3.05) is 5.32 Å². The summed E-state index contributed by atoms with van der Waals surface area (Å²) in [5, 5.41) is 15.3. The number of nitrogens with one attached hydrogen (secondary N) is 3. The lowest BCUT2D eigenvalue weighted by Gasteiger charge is -2.29. The summed E-state index contributed by atoms with van der Waals surface area (Å²) in [6.07, 6.45) is 2.40. The number of piperidine rings is 1. The molecule has 5 rings (SSSR count). The number of carbonyl (C=O) groups excluding carboxylic acids is 4. The number of imide groups is 2. The highest BCUT2D eigenvalue weighted by Crippen LogP contribution is 2.28. The van der Waals surface area contributed by atoms with E-state index in [0.29, 0.717) is 43.0 Å². The lowest BCUT2D eigenvalue weighted by Crippen LogP contribution is -2.50. The van der Waals surface area contributed by atoms with Crippen molar-refractivity contribution in [1.29, 1.82) is 0 Å². The van der Waals surface area contributed by atoms with Gasteiger partial charge < -0.3 is 9.88 Å². The van der Waals surface area contributed by atoms with Gasteiger partial charge in [0.05, 0.1) is 6.04 Å². The second-order valence-corrected chi connectivity index (χ2v) is 8.61. The Morgan fingerprint density at radius 3 is 2.54 bits per heavy atom. The van der Waals surface area contributed by atoms with Crippen molar-refractivity contribution in [3.63, 3.8) is 0 Å². The third kappa shape index (κ3) is 4.66. The quantitative estimate of drug-likeness (QED) is 0.489. The highest BCUT2D eigenvalue weighted by atomic mass is 16.2. The second-order valence-electron chi connectivity index (χ2n) is 8.61. The Kier molecular flexibility index (Phi) is 5.83. The van der Waals surface area contributed by atoms with E-state index in [1.165, 1.54) is 0 Å². The van der Waals surface area contributed by atoms with Gasteiger partial charge in [-0.1, -0.05) is 6.07 Å². The molecule has 0 radical (unpaired) electrons. The molecule has 2 aliphatic rings. The molecule has 1 aromatic heterocycles. The molecule has 0 bridgehead atoms. The van der Waals surface area contributed by atoms with Crippen LogP contribution in [0.4, 0.5) is 10.5 Å². The van der Waals surface area contributed by atoms with Crippen LogP contribution in [0.3, 0.4) is 0 Å². The van der Waals surface area contributed by atoms with Gasteiger partial charge in [0.25, 0.3) is 5.91 Å². The smallest absolute Gasteiger partial charge is 0.317 e. The fraction of sp³-hybridized carbons (Fsp3) is 0.250. The molecule has 0 spiro atoms. The van der Waals surface area contributed by atoms with Gasteiger partial charge in [0, 0.05) is 43.4 Å². The average molecular weight is 473 g/mol. The topological polar surface area (TPSA) is 138 Å². The number of benzene rings is 2. The molecule has 178 valence electrons. The van der Waals surface area contributed by atoms with Crippen LogP contribution < -0.4 is 16.0 Å². The molecule has 0 saturated carbocycles. The van der Waals surface area contributed by atoms with Gasteiger partial charge in [-0.3, -0.25) is 29.9 Å². The molecule has 3 heterocycles. The van der Waals surface area contributed by atoms with Crippen molar-refractivity contribution < 1.29 is 19.2 Å². The number of urea groups is 1. The van der Waals surface area contributed by atoms with Crippen LogP contribution in [0.25, 0.3) is 11.4 Å². The molecule has 1 fully saturated rings. The summed E-state index contributed by atoms with van der Waals surface area (Å²) < 4.78 is 1.79. The summed E-state index contributed by atoms with van der Waals surface area (Å²) in [4.78, 5) is 50.6. The molecule has 2 aliphatic heterocycles. The van der Waals surface area contributed by atoms with Crippen LogP contribution in [0.2, 0.25) is 0 Å². The minimum Gasteiger partial charge on any atom is -0.317 e. The molecule has 5 amide bonds. The minimum atomic E-state index is -0.646. The Labute approximate surface area is 200 Å². The fourth-order valence-electron chi connectivity index (χ4n) is 4.40. The van der Waals surface area contributed by atoms with Gasteiger partial charge in [-0.05, 0) is 53.9 Å². The van der Waals surface area contributed by atoms with Crippen molar-refractivity contribution in [1.82, 2.24) is 30.3 Å². The highest BCUT2D eigenvalue weighted by molar-refractivity contribution is 6.08. The Morgan fingerprint density at radius 1 is 1.06 bits per heavy atom. The lowest BCUT2D eigenvalue weighted by atomic mass is 10.0.